The number of amides is 1. The predicted octanol–water partition coefficient (Wildman–Crippen LogP) is 5.99. The van der Waals surface area contributed by atoms with E-state index in [4.69, 9.17) is 21.7 Å². The molecule has 6 heteroatoms. The van der Waals surface area contributed by atoms with E-state index in [1.54, 1.807) is 12.0 Å². The lowest BCUT2D eigenvalue weighted by Gasteiger charge is -2.14. The van der Waals surface area contributed by atoms with Gasteiger partial charge in [-0.05, 0) is 60.5 Å². The molecule has 0 aliphatic carbocycles. The van der Waals surface area contributed by atoms with Gasteiger partial charge in [0.1, 0.15) is 18.1 Å². The minimum Gasteiger partial charge on any atom is -0.497 e. The van der Waals surface area contributed by atoms with E-state index in [0.717, 1.165) is 28.3 Å². The Morgan fingerprint density at radius 2 is 1.71 bits per heavy atom. The predicted molar refractivity (Wildman–Crippen MR) is 131 cm³/mol. The number of carbonyl (C=O) groups is 1. The van der Waals surface area contributed by atoms with Crippen LogP contribution in [0.3, 0.4) is 0 Å². The summed E-state index contributed by atoms with van der Waals surface area (Å²) in [4.78, 5) is 15.1. The van der Waals surface area contributed by atoms with Gasteiger partial charge < -0.3 is 9.47 Å². The van der Waals surface area contributed by atoms with Crippen molar-refractivity contribution in [2.45, 2.75) is 13.5 Å². The highest BCUT2D eigenvalue weighted by Gasteiger charge is 2.33. The molecule has 31 heavy (non-hydrogen) atoms. The molecular formula is C25H21NO3S2. The van der Waals surface area contributed by atoms with Crippen molar-refractivity contribution in [3.63, 3.8) is 0 Å². The Morgan fingerprint density at radius 3 is 2.39 bits per heavy atom. The van der Waals surface area contributed by atoms with Crippen molar-refractivity contribution >= 4 is 46.0 Å². The van der Waals surface area contributed by atoms with E-state index < -0.39 is 0 Å². The van der Waals surface area contributed by atoms with Crippen molar-refractivity contribution in [2.75, 3.05) is 12.0 Å². The number of nitrogens with zero attached hydrogens (tertiary/aromatic N) is 1. The highest BCUT2D eigenvalue weighted by molar-refractivity contribution is 8.27. The first-order valence-electron chi connectivity index (χ1n) is 9.74. The molecule has 156 valence electrons. The Bertz CT molecular complexity index is 1140. The molecule has 1 aliphatic heterocycles. The Balaban J connectivity index is 1.44. The van der Waals surface area contributed by atoms with Crippen LogP contribution in [0.25, 0.3) is 6.08 Å². The zero-order chi connectivity index (χ0) is 21.8. The number of thioether (sulfide) groups is 1. The van der Waals surface area contributed by atoms with Crippen molar-refractivity contribution in [3.8, 4) is 11.5 Å². The molecule has 0 bridgehead atoms. The lowest BCUT2D eigenvalue weighted by molar-refractivity contribution is -0.113. The second-order valence-corrected chi connectivity index (χ2v) is 8.74. The number of methoxy groups -OCH3 is 1. The molecule has 0 N–H and O–H groups in total. The van der Waals surface area contributed by atoms with Gasteiger partial charge in [-0.2, -0.15) is 0 Å². The fourth-order valence-electron chi connectivity index (χ4n) is 3.20. The maximum Gasteiger partial charge on any atom is 0.270 e. The van der Waals surface area contributed by atoms with Gasteiger partial charge in [0, 0.05) is 0 Å². The Labute approximate surface area is 191 Å². The normalized spacial score (nSPS) is 14.9. The van der Waals surface area contributed by atoms with E-state index in [9.17, 15) is 4.79 Å². The largest absolute Gasteiger partial charge is 0.497 e. The average Bonchev–Trinajstić information content (AvgIpc) is 3.06. The Morgan fingerprint density at radius 1 is 1.00 bits per heavy atom. The molecular weight excluding hydrogens is 426 g/mol. The quantitative estimate of drug-likeness (QED) is 0.343. The van der Waals surface area contributed by atoms with Crippen LogP contribution in [0.15, 0.2) is 77.7 Å². The molecule has 0 radical (unpaired) electrons. The number of hydrogen-bond donors (Lipinski definition) is 0. The van der Waals surface area contributed by atoms with Gasteiger partial charge in [0.2, 0.25) is 0 Å². The number of aryl methyl sites for hydroxylation is 1. The molecule has 0 spiro atoms. The summed E-state index contributed by atoms with van der Waals surface area (Å²) >= 11 is 6.74. The third-order valence-corrected chi connectivity index (χ3v) is 6.09. The van der Waals surface area contributed by atoms with Gasteiger partial charge in [0.05, 0.1) is 17.7 Å². The molecule has 0 aromatic heterocycles. The minimum absolute atomic E-state index is 0.125. The second-order valence-electron chi connectivity index (χ2n) is 7.06. The van der Waals surface area contributed by atoms with Crippen LogP contribution in [0.1, 0.15) is 16.7 Å². The van der Waals surface area contributed by atoms with Crippen molar-refractivity contribution in [1.29, 1.82) is 0 Å². The smallest absolute Gasteiger partial charge is 0.270 e. The summed E-state index contributed by atoms with van der Waals surface area (Å²) in [7, 11) is 1.61. The van der Waals surface area contributed by atoms with Gasteiger partial charge in [0.15, 0.2) is 4.32 Å². The number of anilines is 1. The van der Waals surface area contributed by atoms with Crippen LogP contribution in [-0.2, 0) is 11.4 Å². The van der Waals surface area contributed by atoms with E-state index in [2.05, 4.69) is 19.1 Å². The molecule has 1 heterocycles. The van der Waals surface area contributed by atoms with Crippen molar-refractivity contribution in [3.05, 3.63) is 94.4 Å². The van der Waals surface area contributed by atoms with E-state index in [1.165, 1.54) is 17.3 Å². The highest BCUT2D eigenvalue weighted by Crippen LogP contribution is 2.36. The number of hydrogen-bond acceptors (Lipinski definition) is 5. The molecule has 1 fully saturated rings. The van der Waals surface area contributed by atoms with E-state index >= 15 is 0 Å². The second kappa shape index (κ2) is 9.37. The Hall–Kier alpha value is -3.09. The van der Waals surface area contributed by atoms with E-state index in [0.29, 0.717) is 15.8 Å². The van der Waals surface area contributed by atoms with Crippen molar-refractivity contribution in [2.24, 2.45) is 0 Å². The molecule has 3 aromatic carbocycles. The van der Waals surface area contributed by atoms with Gasteiger partial charge >= 0.3 is 0 Å². The monoisotopic (exact) mass is 447 g/mol. The topological polar surface area (TPSA) is 38.8 Å². The molecule has 3 aromatic rings. The van der Waals surface area contributed by atoms with Gasteiger partial charge in [-0.25, -0.2) is 0 Å². The van der Waals surface area contributed by atoms with Crippen molar-refractivity contribution < 1.29 is 14.3 Å². The first-order valence-corrected chi connectivity index (χ1v) is 11.0. The summed E-state index contributed by atoms with van der Waals surface area (Å²) in [6, 6.07) is 23.2. The Kier molecular flexibility index (Phi) is 6.39. The van der Waals surface area contributed by atoms with Crippen LogP contribution in [0.2, 0.25) is 0 Å². The van der Waals surface area contributed by atoms with Crippen LogP contribution >= 0.6 is 24.0 Å². The van der Waals surface area contributed by atoms with Gasteiger partial charge in [0.25, 0.3) is 5.91 Å². The molecule has 1 aliphatic rings. The van der Waals surface area contributed by atoms with Crippen LogP contribution in [0, 0.1) is 6.92 Å². The summed E-state index contributed by atoms with van der Waals surface area (Å²) in [5.41, 5.74) is 3.99. The molecule has 4 nitrogen and oxygen atoms in total. The minimum atomic E-state index is -0.125. The van der Waals surface area contributed by atoms with E-state index in [1.807, 2.05) is 66.7 Å². The van der Waals surface area contributed by atoms with Gasteiger partial charge in [-0.15, -0.1) is 0 Å². The zero-order valence-electron chi connectivity index (χ0n) is 17.2. The van der Waals surface area contributed by atoms with Gasteiger partial charge in [-0.3, -0.25) is 9.69 Å². The van der Waals surface area contributed by atoms with Crippen molar-refractivity contribution in [1.82, 2.24) is 0 Å². The molecule has 0 unspecified atom stereocenters. The summed E-state index contributed by atoms with van der Waals surface area (Å²) < 4.78 is 11.6. The first-order chi connectivity index (χ1) is 15.0. The third-order valence-electron chi connectivity index (χ3n) is 4.79. The zero-order valence-corrected chi connectivity index (χ0v) is 18.8. The molecule has 4 rings (SSSR count). The summed E-state index contributed by atoms with van der Waals surface area (Å²) in [6.45, 7) is 2.58. The average molecular weight is 448 g/mol. The summed E-state index contributed by atoms with van der Waals surface area (Å²) in [5.74, 6) is 1.39. The number of thiocarbonyl (C=S) groups is 1. The molecule has 1 saturated heterocycles. The lowest BCUT2D eigenvalue weighted by atomic mass is 10.1. The van der Waals surface area contributed by atoms with Crippen LogP contribution in [-0.4, -0.2) is 17.3 Å². The highest BCUT2D eigenvalue weighted by atomic mass is 32.2. The fourth-order valence-corrected chi connectivity index (χ4v) is 4.50. The standard InChI is InChI=1S/C25H21NO3S2/c1-17-4-3-5-19(14-17)16-29-22-10-6-18(7-11-22)15-23-24(27)26(25(30)31-23)20-8-12-21(28-2)13-9-20/h3-15H,16H2,1-2H3/b23-15-. The number of rotatable bonds is 6. The van der Waals surface area contributed by atoms with Crippen LogP contribution < -0.4 is 14.4 Å². The first kappa shape index (κ1) is 21.2. The van der Waals surface area contributed by atoms with Crippen LogP contribution in [0.4, 0.5) is 5.69 Å². The number of ether oxygens (including phenoxy) is 2. The number of carbonyl (C=O) groups excluding carboxylic acids is 1. The van der Waals surface area contributed by atoms with Gasteiger partial charge in [-0.1, -0.05) is 65.9 Å². The maximum absolute atomic E-state index is 12.9. The summed E-state index contributed by atoms with van der Waals surface area (Å²) in [5, 5.41) is 0. The molecule has 0 atom stereocenters. The number of benzene rings is 3. The van der Waals surface area contributed by atoms with Crippen LogP contribution in [0.5, 0.6) is 11.5 Å². The molecule has 0 saturated carbocycles. The third kappa shape index (κ3) is 4.98. The maximum atomic E-state index is 12.9. The fraction of sp³-hybridized carbons (Fsp3) is 0.120. The van der Waals surface area contributed by atoms with E-state index in [-0.39, 0.29) is 5.91 Å². The SMILES string of the molecule is COc1ccc(N2C(=O)/C(=C/c3ccc(OCc4cccc(C)c4)cc3)SC2=S)cc1. The molecule has 1 amide bonds. The lowest BCUT2D eigenvalue weighted by Crippen LogP contribution is -2.27. The summed E-state index contributed by atoms with van der Waals surface area (Å²) in [6.07, 6.45) is 1.85.